The number of pyridine rings is 1. The molecule has 0 radical (unpaired) electrons. The molecule has 176 valence electrons. The number of ether oxygens (including phenoxy) is 1. The minimum Gasteiger partial charge on any atom is -0.377 e. The largest absolute Gasteiger partial charge is 0.377 e. The zero-order chi connectivity index (χ0) is 24.9. The maximum absolute atomic E-state index is 13.7. The monoisotopic (exact) mass is 490 g/mol. The van der Waals surface area contributed by atoms with E-state index in [2.05, 4.69) is 32.0 Å². The molecule has 0 bridgehead atoms. The summed E-state index contributed by atoms with van der Waals surface area (Å²) in [4.78, 5) is 4.39. The summed E-state index contributed by atoms with van der Waals surface area (Å²) in [5, 5.41) is 25.8. The van der Waals surface area contributed by atoms with Crippen LogP contribution in [0.15, 0.2) is 48.8 Å². The number of nitrogens with one attached hydrogen (secondary N) is 2. The first-order chi connectivity index (χ1) is 17.4. The van der Waals surface area contributed by atoms with Crippen LogP contribution in [0, 0.1) is 17.1 Å². The van der Waals surface area contributed by atoms with E-state index in [9.17, 15) is 11.0 Å². The van der Waals surface area contributed by atoms with Crippen LogP contribution in [0.5, 0.6) is 0 Å². The number of halogens is 2. The lowest BCUT2D eigenvalue weighted by Gasteiger charge is -2.29. The Labute approximate surface area is 207 Å². The molecule has 4 aromatic rings. The topological polar surface area (TPSA) is 101 Å². The zero-order valence-corrected chi connectivity index (χ0v) is 19.3. The summed E-state index contributed by atoms with van der Waals surface area (Å²) in [6, 6.07) is 10.2. The Morgan fingerprint density at radius 1 is 1.26 bits per heavy atom. The molecule has 0 amide bonds. The average molecular weight is 491 g/mol. The van der Waals surface area contributed by atoms with E-state index < -0.39 is 11.8 Å². The lowest BCUT2D eigenvalue weighted by Crippen LogP contribution is -2.40. The van der Waals surface area contributed by atoms with Crippen LogP contribution in [0.4, 0.5) is 15.8 Å². The highest BCUT2D eigenvalue weighted by atomic mass is 35.5. The van der Waals surface area contributed by atoms with Crippen molar-refractivity contribution in [1.29, 1.82) is 5.26 Å². The lowest BCUT2D eigenvalue weighted by molar-refractivity contribution is 0.0211. The lowest BCUT2D eigenvalue weighted by atomic mass is 10.0. The number of hydrogen-bond acceptors (Lipinski definition) is 7. The van der Waals surface area contributed by atoms with Gasteiger partial charge in [-0.25, -0.2) is 9.07 Å². The number of aromatic nitrogens is 4. The summed E-state index contributed by atoms with van der Waals surface area (Å²) >= 11 is 6.63. The summed E-state index contributed by atoms with van der Waals surface area (Å²) in [5.74, 6) is -0.401. The molecular weight excluding hydrogens is 469 g/mol. The number of anilines is 2. The van der Waals surface area contributed by atoms with Gasteiger partial charge in [0.05, 0.1) is 60.7 Å². The molecule has 10 heteroatoms. The molecule has 2 N–H and O–H groups in total. The number of benzene rings is 2. The first kappa shape index (κ1) is 20.6. The van der Waals surface area contributed by atoms with Crippen LogP contribution in [-0.4, -0.2) is 39.2 Å². The van der Waals surface area contributed by atoms with Crippen LogP contribution in [0.3, 0.4) is 0 Å². The highest BCUT2D eigenvalue weighted by Gasteiger charge is 2.27. The quantitative estimate of drug-likeness (QED) is 0.382. The molecule has 35 heavy (non-hydrogen) atoms. The van der Waals surface area contributed by atoms with Gasteiger partial charge >= 0.3 is 0 Å². The Bertz CT molecular complexity index is 1500. The maximum atomic E-state index is 13.7. The van der Waals surface area contributed by atoms with Gasteiger partial charge in [-0.15, -0.1) is 5.10 Å². The third kappa shape index (κ3) is 4.27. The molecule has 1 unspecified atom stereocenters. The van der Waals surface area contributed by atoms with E-state index in [1.54, 1.807) is 35.1 Å². The molecule has 2 aromatic carbocycles. The van der Waals surface area contributed by atoms with Crippen molar-refractivity contribution in [2.45, 2.75) is 30.9 Å². The van der Waals surface area contributed by atoms with Gasteiger partial charge in [0.2, 0.25) is 0 Å². The minimum atomic E-state index is -1.59. The number of rotatable bonds is 7. The molecule has 1 atom stereocenters. The van der Waals surface area contributed by atoms with Crippen molar-refractivity contribution in [3.63, 3.8) is 0 Å². The maximum Gasteiger partial charge on any atom is 0.123 e. The fourth-order valence-electron chi connectivity index (χ4n) is 4.05. The summed E-state index contributed by atoms with van der Waals surface area (Å²) in [7, 11) is 0. The molecule has 1 aliphatic carbocycles. The van der Waals surface area contributed by atoms with Gasteiger partial charge in [0.1, 0.15) is 17.6 Å². The number of hydrogen-bond donors (Lipinski definition) is 2. The summed E-state index contributed by atoms with van der Waals surface area (Å²) in [6.07, 6.45) is 5.29. The van der Waals surface area contributed by atoms with Gasteiger partial charge in [-0.1, -0.05) is 28.9 Å². The molecule has 2 aliphatic rings. The average Bonchev–Trinajstić information content (AvgIpc) is 3.57. The minimum absolute atomic E-state index is 0.0741. The molecule has 8 nitrogen and oxygen atoms in total. The Balaban J connectivity index is 1.46. The van der Waals surface area contributed by atoms with Crippen molar-refractivity contribution in [3.05, 3.63) is 76.5 Å². The van der Waals surface area contributed by atoms with E-state index in [1.165, 1.54) is 18.3 Å². The van der Waals surface area contributed by atoms with Crippen molar-refractivity contribution < 1.29 is 10.5 Å². The van der Waals surface area contributed by atoms with E-state index in [0.717, 1.165) is 12.8 Å². The second kappa shape index (κ2) is 8.80. The Morgan fingerprint density at radius 3 is 2.74 bits per heavy atom. The van der Waals surface area contributed by atoms with E-state index in [0.29, 0.717) is 63.4 Å². The second-order valence-corrected chi connectivity index (χ2v) is 9.12. The molecule has 1 saturated heterocycles. The van der Waals surface area contributed by atoms with Crippen LogP contribution in [0.1, 0.15) is 43.1 Å². The third-order valence-corrected chi connectivity index (χ3v) is 6.41. The molecule has 2 fully saturated rings. The molecular formula is C25H21ClFN7O. The smallest absolute Gasteiger partial charge is 0.123 e. The Hall–Kier alpha value is -3.74. The summed E-state index contributed by atoms with van der Waals surface area (Å²) in [5.41, 5.74) is 2.88. The first-order valence-electron chi connectivity index (χ1n) is 11.8. The summed E-state index contributed by atoms with van der Waals surface area (Å²) < 4.78 is 30.2. The van der Waals surface area contributed by atoms with Crippen LogP contribution >= 0.6 is 11.6 Å². The number of nitrogens with zero attached hydrogens (tertiary/aromatic N) is 5. The molecule has 0 spiro atoms. The fraction of sp³-hybridized carbons (Fsp3) is 0.280. The van der Waals surface area contributed by atoms with Crippen molar-refractivity contribution in [1.82, 2.24) is 20.0 Å². The van der Waals surface area contributed by atoms with Gasteiger partial charge in [0.25, 0.3) is 0 Å². The van der Waals surface area contributed by atoms with E-state index in [4.69, 9.17) is 16.3 Å². The Morgan fingerprint density at radius 2 is 2.06 bits per heavy atom. The van der Waals surface area contributed by atoms with Crippen LogP contribution in [0.2, 0.25) is 5.02 Å². The third-order valence-electron chi connectivity index (χ3n) is 6.12. The number of fused-ring (bicyclic) bond motifs is 1. The predicted molar refractivity (Wildman–Crippen MR) is 130 cm³/mol. The highest BCUT2D eigenvalue weighted by molar-refractivity contribution is 6.35. The molecule has 6 rings (SSSR count). The second-order valence-electron chi connectivity index (χ2n) is 8.71. The van der Waals surface area contributed by atoms with Crippen LogP contribution in [-0.2, 0) is 4.74 Å². The highest BCUT2D eigenvalue weighted by Crippen LogP contribution is 2.37. The summed E-state index contributed by atoms with van der Waals surface area (Å²) in [6.45, 7) is 1.08. The van der Waals surface area contributed by atoms with Crippen LogP contribution in [0.25, 0.3) is 10.9 Å². The van der Waals surface area contributed by atoms with Crippen molar-refractivity contribution >= 4 is 33.9 Å². The van der Waals surface area contributed by atoms with Gasteiger partial charge in [0, 0.05) is 17.3 Å². The zero-order valence-electron chi connectivity index (χ0n) is 19.5. The number of nitriles is 1. The van der Waals surface area contributed by atoms with E-state index in [-0.39, 0.29) is 6.04 Å². The predicted octanol–water partition coefficient (Wildman–Crippen LogP) is 4.84. The molecule has 1 aliphatic heterocycles. The Kier molecular flexibility index (Phi) is 5.18. The van der Waals surface area contributed by atoms with Gasteiger partial charge in [0.15, 0.2) is 0 Å². The molecule has 2 aromatic heterocycles. The SMILES string of the molecule is [2H]C(Nc1cc(Cl)c2ncc(C#N)c(NC3COC3)c2c1)(c1ccc(F)cc1)c1cn(C2CC2)nn1. The van der Waals surface area contributed by atoms with Crippen molar-refractivity contribution in [2.75, 3.05) is 23.8 Å². The van der Waals surface area contributed by atoms with Crippen molar-refractivity contribution in [3.8, 4) is 6.07 Å². The van der Waals surface area contributed by atoms with Gasteiger partial charge < -0.3 is 15.4 Å². The standard InChI is InChI=1S/C25H21ClFN7O/c26-21-8-17(7-20-23(31-18-12-35-13-18)15(9-28)10-29-25(20)21)30-24(14-1-3-16(27)4-2-14)22-11-34(33-32-22)19-5-6-19/h1-4,7-8,10-11,18-19,24,30H,5-6,12-13H2,(H,29,31)/i24D. The van der Waals surface area contributed by atoms with Crippen molar-refractivity contribution in [2.24, 2.45) is 0 Å². The normalized spacial score (nSPS) is 17.8. The van der Waals surface area contributed by atoms with Crippen LogP contribution < -0.4 is 10.6 Å². The van der Waals surface area contributed by atoms with Gasteiger partial charge in [-0.2, -0.15) is 5.26 Å². The first-order valence-corrected chi connectivity index (χ1v) is 11.7. The fourth-order valence-corrected chi connectivity index (χ4v) is 4.32. The van der Waals surface area contributed by atoms with E-state index in [1.807, 2.05) is 0 Å². The van der Waals surface area contributed by atoms with E-state index >= 15 is 0 Å². The van der Waals surface area contributed by atoms with Gasteiger partial charge in [-0.05, 0) is 42.7 Å². The molecule has 3 heterocycles. The van der Waals surface area contributed by atoms with Gasteiger partial charge in [-0.3, -0.25) is 4.98 Å². The molecule has 1 saturated carbocycles.